The van der Waals surface area contributed by atoms with Crippen molar-refractivity contribution in [3.8, 4) is 0 Å². The Bertz CT molecular complexity index is 551. The third-order valence-electron chi connectivity index (χ3n) is 4.70. The largest absolute Gasteiger partial charge is 0.464 e. The minimum absolute atomic E-state index is 0.157. The number of rotatable bonds is 3. The van der Waals surface area contributed by atoms with E-state index in [4.69, 9.17) is 9.47 Å². The van der Waals surface area contributed by atoms with Crippen LogP contribution in [-0.2, 0) is 19.0 Å². The van der Waals surface area contributed by atoms with Crippen molar-refractivity contribution in [3.63, 3.8) is 0 Å². The van der Waals surface area contributed by atoms with Crippen LogP contribution in [0.3, 0.4) is 0 Å². The van der Waals surface area contributed by atoms with E-state index in [0.29, 0.717) is 31.2 Å². The van der Waals surface area contributed by atoms with Gasteiger partial charge in [-0.15, -0.1) is 0 Å². The molecule has 126 valence electrons. The van der Waals surface area contributed by atoms with Gasteiger partial charge in [0.25, 0.3) is 0 Å². The molecular weight excluding hydrogens is 301 g/mol. The molecule has 1 aliphatic carbocycles. The molecule has 1 spiro atoms. The third kappa shape index (κ3) is 3.70. The van der Waals surface area contributed by atoms with Gasteiger partial charge < -0.3 is 14.2 Å². The van der Waals surface area contributed by atoms with Crippen LogP contribution in [0.1, 0.15) is 38.5 Å². The van der Waals surface area contributed by atoms with Gasteiger partial charge in [-0.05, 0) is 31.3 Å². The zero-order chi connectivity index (χ0) is 16.3. The minimum atomic E-state index is -0.538. The average molecular weight is 323 g/mol. The molecule has 0 atom stereocenters. The van der Waals surface area contributed by atoms with E-state index >= 15 is 0 Å². The monoisotopic (exact) mass is 323 g/mol. The summed E-state index contributed by atoms with van der Waals surface area (Å²) < 4.78 is 30.3. The number of allylic oxidation sites excluding steroid dienone is 3. The lowest BCUT2D eigenvalue weighted by molar-refractivity contribution is -0.182. The topological polar surface area (TPSA) is 57.1 Å². The maximum atomic E-state index is 14.2. The fourth-order valence-electron chi connectivity index (χ4n) is 3.39. The summed E-state index contributed by atoms with van der Waals surface area (Å²) in [6.45, 7) is 1.31. The molecule has 0 N–H and O–H groups in total. The van der Waals surface area contributed by atoms with E-state index in [2.05, 4.69) is 9.73 Å². The first-order valence-corrected chi connectivity index (χ1v) is 8.11. The first kappa shape index (κ1) is 16.3. The van der Waals surface area contributed by atoms with Crippen molar-refractivity contribution in [2.45, 2.75) is 44.3 Å². The van der Waals surface area contributed by atoms with Crippen molar-refractivity contribution >= 4 is 11.7 Å². The standard InChI is InChI=1S/C17H22FNO4/c1-21-16(20)14-4-2-3-13(18)15(19-14)11-12-5-7-17(8-6-12)22-9-10-23-17/h2,4,12H,3,5-11H2,1H3. The van der Waals surface area contributed by atoms with Crippen LogP contribution in [0, 0.1) is 5.92 Å². The quantitative estimate of drug-likeness (QED) is 0.749. The number of esters is 1. The highest BCUT2D eigenvalue weighted by molar-refractivity contribution is 6.41. The molecule has 2 heterocycles. The number of halogens is 1. The summed E-state index contributed by atoms with van der Waals surface area (Å²) in [5, 5.41) is 0. The van der Waals surface area contributed by atoms with Crippen LogP contribution in [0.4, 0.5) is 4.39 Å². The number of hydrogen-bond donors (Lipinski definition) is 0. The van der Waals surface area contributed by atoms with E-state index in [1.165, 1.54) is 13.2 Å². The van der Waals surface area contributed by atoms with E-state index < -0.39 is 11.8 Å². The van der Waals surface area contributed by atoms with E-state index in [-0.39, 0.29) is 18.0 Å². The second-order valence-corrected chi connectivity index (χ2v) is 6.20. The lowest BCUT2D eigenvalue weighted by Crippen LogP contribution is -2.35. The Morgan fingerprint density at radius 1 is 1.39 bits per heavy atom. The summed E-state index contributed by atoms with van der Waals surface area (Å²) in [6.07, 6.45) is 7.31. The average Bonchev–Trinajstić information content (AvgIpc) is 2.94. The second kappa shape index (κ2) is 6.93. The molecule has 1 saturated carbocycles. The van der Waals surface area contributed by atoms with Crippen molar-refractivity contribution in [2.75, 3.05) is 20.3 Å². The number of nitrogens with zero attached hydrogens (tertiary/aromatic N) is 1. The molecule has 0 unspecified atom stereocenters. The Balaban J connectivity index is 1.65. The lowest BCUT2D eigenvalue weighted by Gasteiger charge is -2.35. The van der Waals surface area contributed by atoms with E-state index in [1.807, 2.05) is 0 Å². The van der Waals surface area contributed by atoms with Gasteiger partial charge in [0, 0.05) is 19.3 Å². The van der Waals surface area contributed by atoms with Crippen LogP contribution in [0.25, 0.3) is 0 Å². The van der Waals surface area contributed by atoms with Crippen LogP contribution in [0.2, 0.25) is 0 Å². The Morgan fingerprint density at radius 3 is 2.74 bits per heavy atom. The zero-order valence-electron chi connectivity index (χ0n) is 13.3. The van der Waals surface area contributed by atoms with Gasteiger partial charge in [-0.25, -0.2) is 14.2 Å². The van der Waals surface area contributed by atoms with Crippen molar-refractivity contribution in [1.82, 2.24) is 0 Å². The van der Waals surface area contributed by atoms with Crippen LogP contribution in [0.15, 0.2) is 28.7 Å². The first-order valence-electron chi connectivity index (χ1n) is 8.11. The van der Waals surface area contributed by atoms with E-state index in [0.717, 1.165) is 25.7 Å². The summed E-state index contributed by atoms with van der Waals surface area (Å²) in [4.78, 5) is 15.9. The van der Waals surface area contributed by atoms with Crippen molar-refractivity contribution < 1.29 is 23.4 Å². The summed E-state index contributed by atoms with van der Waals surface area (Å²) >= 11 is 0. The highest BCUT2D eigenvalue weighted by Crippen LogP contribution is 2.41. The van der Waals surface area contributed by atoms with Crippen molar-refractivity contribution in [1.29, 1.82) is 0 Å². The van der Waals surface area contributed by atoms with Crippen molar-refractivity contribution in [2.24, 2.45) is 10.9 Å². The maximum absolute atomic E-state index is 14.2. The molecule has 6 heteroatoms. The molecule has 2 aliphatic heterocycles. The van der Waals surface area contributed by atoms with Crippen LogP contribution in [-0.4, -0.2) is 37.8 Å². The van der Waals surface area contributed by atoms with Gasteiger partial charge in [0.15, 0.2) is 5.79 Å². The molecule has 3 aliphatic rings. The molecule has 0 bridgehead atoms. The predicted octanol–water partition coefficient (Wildman–Crippen LogP) is 3.06. The van der Waals surface area contributed by atoms with Gasteiger partial charge in [-0.2, -0.15) is 0 Å². The fraction of sp³-hybridized carbons (Fsp3) is 0.647. The van der Waals surface area contributed by atoms with Gasteiger partial charge in [-0.1, -0.05) is 6.08 Å². The normalized spacial score (nSPS) is 24.7. The SMILES string of the molecule is COC(=O)C1=NC(CC2CCC3(CC2)OCCO3)=C(F)CC=C1. The molecule has 2 fully saturated rings. The van der Waals surface area contributed by atoms with Crippen LogP contribution in [0.5, 0.6) is 0 Å². The molecular formula is C17H22FNO4. The van der Waals surface area contributed by atoms with E-state index in [1.54, 1.807) is 6.08 Å². The molecule has 23 heavy (non-hydrogen) atoms. The summed E-state index contributed by atoms with van der Waals surface area (Å²) in [6, 6.07) is 0. The molecule has 1 saturated heterocycles. The molecule has 0 aromatic rings. The summed E-state index contributed by atoms with van der Waals surface area (Å²) in [7, 11) is 1.30. The molecule has 0 radical (unpaired) electrons. The van der Waals surface area contributed by atoms with Crippen molar-refractivity contribution in [3.05, 3.63) is 23.7 Å². The number of methoxy groups -OCH3 is 1. The van der Waals surface area contributed by atoms with Gasteiger partial charge in [0.05, 0.1) is 26.0 Å². The number of carbonyl (C=O) groups is 1. The number of hydrogen-bond acceptors (Lipinski definition) is 5. The highest BCUT2D eigenvalue weighted by Gasteiger charge is 2.40. The third-order valence-corrected chi connectivity index (χ3v) is 4.70. The van der Waals surface area contributed by atoms with Gasteiger partial charge in [0.1, 0.15) is 11.5 Å². The fourth-order valence-corrected chi connectivity index (χ4v) is 3.39. The van der Waals surface area contributed by atoms with E-state index in [9.17, 15) is 9.18 Å². The highest BCUT2D eigenvalue weighted by atomic mass is 19.1. The predicted molar refractivity (Wildman–Crippen MR) is 82.6 cm³/mol. The second-order valence-electron chi connectivity index (χ2n) is 6.20. The maximum Gasteiger partial charge on any atom is 0.356 e. The minimum Gasteiger partial charge on any atom is -0.464 e. The smallest absolute Gasteiger partial charge is 0.356 e. The summed E-state index contributed by atoms with van der Waals surface area (Å²) in [5.74, 6) is -0.887. The molecule has 0 aromatic carbocycles. The van der Waals surface area contributed by atoms with Gasteiger partial charge in [-0.3, -0.25) is 0 Å². The Morgan fingerprint density at radius 2 is 2.09 bits per heavy atom. The number of carbonyl (C=O) groups excluding carboxylic acids is 1. The first-order chi connectivity index (χ1) is 11.1. The lowest BCUT2D eigenvalue weighted by atomic mass is 9.82. The van der Waals surface area contributed by atoms with Gasteiger partial charge >= 0.3 is 5.97 Å². The molecule has 3 rings (SSSR count). The molecule has 5 nitrogen and oxygen atoms in total. The van der Waals surface area contributed by atoms with Gasteiger partial charge in [0.2, 0.25) is 0 Å². The molecule has 0 amide bonds. The zero-order valence-corrected chi connectivity index (χ0v) is 13.3. The van der Waals surface area contributed by atoms with Crippen LogP contribution < -0.4 is 0 Å². The number of ether oxygens (including phenoxy) is 3. The Labute approximate surface area is 135 Å². The molecule has 0 aromatic heterocycles. The Kier molecular flexibility index (Phi) is 4.92. The number of aliphatic imine (C=N–C) groups is 1. The van der Waals surface area contributed by atoms with Crippen LogP contribution >= 0.6 is 0 Å². The summed E-state index contributed by atoms with van der Waals surface area (Å²) in [5.41, 5.74) is 0.523. The Hall–Kier alpha value is -1.53.